The highest BCUT2D eigenvalue weighted by atomic mass is 31.2. The zero-order valence-corrected chi connectivity index (χ0v) is 12.2. The third-order valence-electron chi connectivity index (χ3n) is 1.65. The molecule has 0 aliphatic rings. The Hall–Kier alpha value is 0.0669. The van der Waals surface area contributed by atoms with E-state index in [1.54, 1.807) is 12.2 Å². The summed E-state index contributed by atoms with van der Waals surface area (Å²) in [6, 6.07) is 0. The molecular weight excluding hydrogens is 231 g/mol. The molecule has 0 aromatic heterocycles. The summed E-state index contributed by atoms with van der Waals surface area (Å²) in [7, 11) is -2.22. The molecule has 15 heavy (non-hydrogen) atoms. The molecule has 4 nitrogen and oxygen atoms in total. The molecule has 0 heterocycles. The lowest BCUT2D eigenvalue weighted by Crippen LogP contribution is -2.31. The standard InChI is InChI=1S/C9H21O4PSi/c1-7-8-9(13-15(4,5)6)14(10,11-2)12-3/h7-9H,1-6H3/b8-7+. The van der Waals surface area contributed by atoms with Crippen molar-refractivity contribution < 1.29 is 18.0 Å². The van der Waals surface area contributed by atoms with Gasteiger partial charge < -0.3 is 13.5 Å². The van der Waals surface area contributed by atoms with Gasteiger partial charge in [0.15, 0.2) is 14.2 Å². The maximum Gasteiger partial charge on any atom is 0.361 e. The van der Waals surface area contributed by atoms with E-state index < -0.39 is 21.8 Å². The summed E-state index contributed by atoms with van der Waals surface area (Å²) in [5.41, 5.74) is 0. The topological polar surface area (TPSA) is 44.8 Å². The highest BCUT2D eigenvalue weighted by Gasteiger charge is 2.36. The Balaban J connectivity index is 4.88. The summed E-state index contributed by atoms with van der Waals surface area (Å²) in [6.45, 7) is 7.92. The fourth-order valence-corrected chi connectivity index (χ4v) is 4.23. The minimum atomic E-state index is -3.18. The van der Waals surface area contributed by atoms with Gasteiger partial charge in [-0.15, -0.1) is 0 Å². The highest BCUT2D eigenvalue weighted by molar-refractivity contribution is 7.54. The van der Waals surface area contributed by atoms with Gasteiger partial charge in [-0.05, 0) is 32.6 Å². The van der Waals surface area contributed by atoms with Crippen molar-refractivity contribution in [1.82, 2.24) is 0 Å². The first kappa shape index (κ1) is 15.1. The molecule has 0 radical (unpaired) electrons. The van der Waals surface area contributed by atoms with Crippen molar-refractivity contribution >= 4 is 15.9 Å². The molecule has 0 spiro atoms. The third-order valence-corrected chi connectivity index (χ3v) is 4.73. The molecule has 0 saturated heterocycles. The monoisotopic (exact) mass is 252 g/mol. The largest absolute Gasteiger partial charge is 0.401 e. The Morgan fingerprint density at radius 1 is 1.20 bits per heavy atom. The van der Waals surface area contributed by atoms with Gasteiger partial charge in [0.25, 0.3) is 0 Å². The first-order valence-electron chi connectivity index (χ1n) is 4.81. The smallest absolute Gasteiger partial charge is 0.361 e. The van der Waals surface area contributed by atoms with Crippen LogP contribution in [0.4, 0.5) is 0 Å². The summed E-state index contributed by atoms with van der Waals surface area (Å²) >= 11 is 0. The zero-order chi connectivity index (χ0) is 12.1. The molecule has 0 aliphatic carbocycles. The number of hydrogen-bond donors (Lipinski definition) is 0. The van der Waals surface area contributed by atoms with E-state index in [4.69, 9.17) is 13.5 Å². The molecule has 90 valence electrons. The molecule has 0 N–H and O–H groups in total. The van der Waals surface area contributed by atoms with Gasteiger partial charge in [-0.25, -0.2) is 0 Å². The van der Waals surface area contributed by atoms with Crippen molar-refractivity contribution in [3.05, 3.63) is 12.2 Å². The second kappa shape index (κ2) is 5.96. The van der Waals surface area contributed by atoms with Crippen LogP contribution in [0.15, 0.2) is 12.2 Å². The first-order chi connectivity index (χ1) is 6.79. The molecule has 1 atom stereocenters. The van der Waals surface area contributed by atoms with Crippen LogP contribution >= 0.6 is 7.60 Å². The quantitative estimate of drug-likeness (QED) is 0.413. The summed E-state index contributed by atoms with van der Waals surface area (Å²) in [6.07, 6.45) is 3.50. The molecule has 0 bridgehead atoms. The van der Waals surface area contributed by atoms with Crippen LogP contribution in [-0.4, -0.2) is 28.4 Å². The van der Waals surface area contributed by atoms with Crippen molar-refractivity contribution in [2.75, 3.05) is 14.2 Å². The third kappa shape index (κ3) is 5.09. The van der Waals surface area contributed by atoms with E-state index in [1.165, 1.54) is 14.2 Å². The van der Waals surface area contributed by atoms with Crippen molar-refractivity contribution in [2.24, 2.45) is 0 Å². The van der Waals surface area contributed by atoms with E-state index in [-0.39, 0.29) is 0 Å². The molecule has 0 aliphatic heterocycles. The van der Waals surface area contributed by atoms with Crippen molar-refractivity contribution in [2.45, 2.75) is 32.4 Å². The summed E-state index contributed by atoms with van der Waals surface area (Å²) in [5.74, 6) is -0.607. The van der Waals surface area contributed by atoms with Gasteiger partial charge in [-0.2, -0.15) is 0 Å². The molecule has 0 fully saturated rings. The highest BCUT2D eigenvalue weighted by Crippen LogP contribution is 2.53. The molecule has 0 saturated carbocycles. The van der Waals surface area contributed by atoms with E-state index in [2.05, 4.69) is 0 Å². The Morgan fingerprint density at radius 3 is 1.93 bits per heavy atom. The van der Waals surface area contributed by atoms with Gasteiger partial charge in [-0.3, -0.25) is 4.57 Å². The maximum atomic E-state index is 12.1. The lowest BCUT2D eigenvalue weighted by Gasteiger charge is -2.28. The minimum absolute atomic E-state index is 0.607. The molecule has 0 aromatic rings. The summed E-state index contributed by atoms with van der Waals surface area (Å²) in [5, 5.41) is 0. The number of allylic oxidation sites excluding steroid dienone is 1. The van der Waals surface area contributed by atoms with Crippen LogP contribution in [0.3, 0.4) is 0 Å². The zero-order valence-electron chi connectivity index (χ0n) is 10.3. The average Bonchev–Trinajstić information content (AvgIpc) is 2.14. The van der Waals surface area contributed by atoms with Crippen LogP contribution in [0.1, 0.15) is 6.92 Å². The lowest BCUT2D eigenvalue weighted by atomic mass is 10.6. The van der Waals surface area contributed by atoms with Gasteiger partial charge >= 0.3 is 7.60 Å². The second-order valence-electron chi connectivity index (χ2n) is 4.05. The van der Waals surface area contributed by atoms with Crippen LogP contribution in [-0.2, 0) is 18.0 Å². The van der Waals surface area contributed by atoms with Gasteiger partial charge in [0.2, 0.25) is 0 Å². The molecular formula is C9H21O4PSi. The molecule has 6 heteroatoms. The van der Waals surface area contributed by atoms with E-state index in [0.717, 1.165) is 0 Å². The summed E-state index contributed by atoms with van der Waals surface area (Å²) in [4.78, 5) is 0. The second-order valence-corrected chi connectivity index (χ2v) is 10.8. The maximum absolute atomic E-state index is 12.1. The van der Waals surface area contributed by atoms with Crippen molar-refractivity contribution in [3.63, 3.8) is 0 Å². The number of rotatable bonds is 6. The SMILES string of the molecule is C/C=C/C(O[Si](C)(C)C)P(=O)(OC)OC. The average molecular weight is 252 g/mol. The Kier molecular flexibility index (Phi) is 5.99. The normalized spacial score (nSPS) is 15.9. The van der Waals surface area contributed by atoms with E-state index >= 15 is 0 Å². The first-order valence-corrected chi connectivity index (χ1v) is 9.83. The summed E-state index contributed by atoms with van der Waals surface area (Å²) < 4.78 is 27.7. The molecule has 0 amide bonds. The van der Waals surface area contributed by atoms with Crippen LogP contribution in [0.2, 0.25) is 19.6 Å². The predicted octanol–water partition coefficient (Wildman–Crippen LogP) is 3.23. The van der Waals surface area contributed by atoms with Crippen LogP contribution in [0.25, 0.3) is 0 Å². The fourth-order valence-electron chi connectivity index (χ4n) is 1.02. The molecule has 1 unspecified atom stereocenters. The van der Waals surface area contributed by atoms with Gasteiger partial charge in [0, 0.05) is 14.2 Å². The van der Waals surface area contributed by atoms with E-state index in [1.807, 2.05) is 26.6 Å². The van der Waals surface area contributed by atoms with Gasteiger partial charge in [-0.1, -0.05) is 6.08 Å². The van der Waals surface area contributed by atoms with Gasteiger partial charge in [0.05, 0.1) is 0 Å². The van der Waals surface area contributed by atoms with E-state index in [9.17, 15) is 4.57 Å². The Labute approximate surface area is 93.3 Å². The Morgan fingerprint density at radius 2 is 1.67 bits per heavy atom. The predicted molar refractivity (Wildman–Crippen MR) is 64.7 cm³/mol. The lowest BCUT2D eigenvalue weighted by molar-refractivity contribution is 0.209. The van der Waals surface area contributed by atoms with Gasteiger partial charge in [0.1, 0.15) is 0 Å². The van der Waals surface area contributed by atoms with E-state index in [0.29, 0.717) is 0 Å². The molecule has 0 rings (SSSR count). The van der Waals surface area contributed by atoms with Crippen LogP contribution in [0, 0.1) is 0 Å². The van der Waals surface area contributed by atoms with Crippen LogP contribution in [0.5, 0.6) is 0 Å². The minimum Gasteiger partial charge on any atom is -0.401 e. The number of hydrogen-bond acceptors (Lipinski definition) is 4. The van der Waals surface area contributed by atoms with Crippen molar-refractivity contribution in [3.8, 4) is 0 Å². The molecule has 0 aromatic carbocycles. The van der Waals surface area contributed by atoms with Crippen LogP contribution < -0.4 is 0 Å². The Bertz CT molecular complexity index is 251. The van der Waals surface area contributed by atoms with Crippen molar-refractivity contribution in [1.29, 1.82) is 0 Å². The fraction of sp³-hybridized carbons (Fsp3) is 0.778.